The van der Waals surface area contributed by atoms with Crippen molar-refractivity contribution >= 4 is 0 Å². The molecule has 1 N–H and O–H groups in total. The smallest absolute Gasteiger partial charge is 0.0270 e. The van der Waals surface area contributed by atoms with Crippen molar-refractivity contribution in [1.82, 2.24) is 10.3 Å². The number of aromatic nitrogens is 1. The molecule has 1 fully saturated rings. The average molecular weight is 232 g/mol. The van der Waals surface area contributed by atoms with Gasteiger partial charge in [-0.1, -0.05) is 26.7 Å². The van der Waals surface area contributed by atoms with Gasteiger partial charge in [0.2, 0.25) is 0 Å². The normalized spacial score (nSPS) is 20.4. The Labute approximate surface area is 105 Å². The quantitative estimate of drug-likeness (QED) is 0.842. The molecule has 0 amide bonds. The van der Waals surface area contributed by atoms with Crippen molar-refractivity contribution in [3.8, 4) is 0 Å². The minimum Gasteiger partial charge on any atom is -0.313 e. The molecule has 0 spiro atoms. The minimum atomic E-state index is 0.584. The van der Waals surface area contributed by atoms with Gasteiger partial charge in [0.05, 0.1) is 0 Å². The van der Waals surface area contributed by atoms with E-state index in [2.05, 4.69) is 36.3 Å². The van der Waals surface area contributed by atoms with Crippen molar-refractivity contribution in [2.75, 3.05) is 6.54 Å². The Balaban J connectivity index is 2.09. The molecule has 0 saturated heterocycles. The second-order valence-electron chi connectivity index (χ2n) is 5.20. The van der Waals surface area contributed by atoms with E-state index in [1.807, 2.05) is 12.4 Å². The summed E-state index contributed by atoms with van der Waals surface area (Å²) < 4.78 is 0. The maximum atomic E-state index is 4.11. The van der Waals surface area contributed by atoms with Gasteiger partial charge in [0.15, 0.2) is 0 Å². The fourth-order valence-electron chi connectivity index (χ4n) is 3.18. The van der Waals surface area contributed by atoms with E-state index in [0.717, 1.165) is 12.5 Å². The first-order chi connectivity index (χ1) is 8.33. The van der Waals surface area contributed by atoms with Gasteiger partial charge < -0.3 is 5.32 Å². The summed E-state index contributed by atoms with van der Waals surface area (Å²) in [6.45, 7) is 5.62. The van der Waals surface area contributed by atoms with Crippen LogP contribution < -0.4 is 5.32 Å². The first-order valence-corrected chi connectivity index (χ1v) is 6.96. The SMILES string of the molecule is CCNC(C1CCCC1)C(C)c1ccncc1. The molecule has 1 aromatic rings. The molecule has 2 atom stereocenters. The highest BCUT2D eigenvalue weighted by atomic mass is 14.9. The molecule has 2 rings (SSSR count). The summed E-state index contributed by atoms with van der Waals surface area (Å²) in [5.74, 6) is 1.44. The predicted molar refractivity (Wildman–Crippen MR) is 72.1 cm³/mol. The van der Waals surface area contributed by atoms with Gasteiger partial charge in [-0.25, -0.2) is 0 Å². The lowest BCUT2D eigenvalue weighted by Gasteiger charge is -2.30. The highest BCUT2D eigenvalue weighted by Gasteiger charge is 2.29. The number of likely N-dealkylation sites (N-methyl/N-ethyl adjacent to an activating group) is 1. The maximum Gasteiger partial charge on any atom is 0.0270 e. The van der Waals surface area contributed by atoms with E-state index in [0.29, 0.717) is 12.0 Å². The topological polar surface area (TPSA) is 24.9 Å². The van der Waals surface area contributed by atoms with Crippen LogP contribution in [0.1, 0.15) is 51.0 Å². The zero-order chi connectivity index (χ0) is 12.1. The van der Waals surface area contributed by atoms with Crippen molar-refractivity contribution in [3.05, 3.63) is 30.1 Å². The molecule has 1 heterocycles. The van der Waals surface area contributed by atoms with E-state index in [4.69, 9.17) is 0 Å². The van der Waals surface area contributed by atoms with Crippen LogP contribution in [0.5, 0.6) is 0 Å². The molecule has 1 aliphatic carbocycles. The monoisotopic (exact) mass is 232 g/mol. The Morgan fingerprint density at radius 2 is 1.94 bits per heavy atom. The van der Waals surface area contributed by atoms with Crippen molar-refractivity contribution < 1.29 is 0 Å². The third-order valence-electron chi connectivity index (χ3n) is 4.12. The molecule has 1 aromatic heterocycles. The van der Waals surface area contributed by atoms with Gasteiger partial charge in [0.1, 0.15) is 0 Å². The number of nitrogens with one attached hydrogen (secondary N) is 1. The molecule has 1 saturated carbocycles. The summed E-state index contributed by atoms with van der Waals surface area (Å²) in [5.41, 5.74) is 1.41. The van der Waals surface area contributed by atoms with Crippen LogP contribution in [-0.2, 0) is 0 Å². The lowest BCUT2D eigenvalue weighted by molar-refractivity contribution is 0.324. The Bertz CT molecular complexity index is 317. The zero-order valence-corrected chi connectivity index (χ0v) is 11.0. The van der Waals surface area contributed by atoms with Crippen LogP contribution in [0.4, 0.5) is 0 Å². The number of hydrogen-bond acceptors (Lipinski definition) is 2. The lowest BCUT2D eigenvalue weighted by atomic mass is 9.84. The van der Waals surface area contributed by atoms with Crippen LogP contribution in [0.25, 0.3) is 0 Å². The number of nitrogens with zero attached hydrogens (tertiary/aromatic N) is 1. The second-order valence-corrected chi connectivity index (χ2v) is 5.20. The van der Waals surface area contributed by atoms with Crippen molar-refractivity contribution in [2.45, 2.75) is 51.5 Å². The summed E-state index contributed by atoms with van der Waals surface area (Å²) in [4.78, 5) is 4.11. The Morgan fingerprint density at radius 3 is 2.53 bits per heavy atom. The van der Waals surface area contributed by atoms with Crippen molar-refractivity contribution in [2.24, 2.45) is 5.92 Å². The molecule has 17 heavy (non-hydrogen) atoms. The van der Waals surface area contributed by atoms with Gasteiger partial charge >= 0.3 is 0 Å². The fourth-order valence-corrected chi connectivity index (χ4v) is 3.18. The summed E-state index contributed by atoms with van der Waals surface area (Å²) in [5, 5.41) is 3.70. The third kappa shape index (κ3) is 3.06. The molecular weight excluding hydrogens is 208 g/mol. The fraction of sp³-hybridized carbons (Fsp3) is 0.667. The first-order valence-electron chi connectivity index (χ1n) is 6.96. The van der Waals surface area contributed by atoms with Crippen LogP contribution in [0.3, 0.4) is 0 Å². The molecule has 1 aliphatic rings. The predicted octanol–water partition coefficient (Wildman–Crippen LogP) is 3.35. The van der Waals surface area contributed by atoms with E-state index >= 15 is 0 Å². The van der Waals surface area contributed by atoms with Crippen molar-refractivity contribution in [1.29, 1.82) is 0 Å². The molecule has 0 bridgehead atoms. The van der Waals surface area contributed by atoms with E-state index in [1.54, 1.807) is 0 Å². The lowest BCUT2D eigenvalue weighted by Crippen LogP contribution is -2.39. The summed E-state index contributed by atoms with van der Waals surface area (Å²) in [6, 6.07) is 4.94. The van der Waals surface area contributed by atoms with E-state index in [-0.39, 0.29) is 0 Å². The van der Waals surface area contributed by atoms with Crippen molar-refractivity contribution in [3.63, 3.8) is 0 Å². The second kappa shape index (κ2) is 6.15. The molecule has 2 nitrogen and oxygen atoms in total. The standard InChI is InChI=1S/C15H24N2/c1-3-17-15(14-6-4-5-7-14)12(2)13-8-10-16-11-9-13/h8-12,14-15,17H,3-7H2,1-2H3. The van der Waals surface area contributed by atoms with Gasteiger partial charge in [-0.2, -0.15) is 0 Å². The third-order valence-corrected chi connectivity index (χ3v) is 4.12. The largest absolute Gasteiger partial charge is 0.313 e. The zero-order valence-electron chi connectivity index (χ0n) is 11.0. The Hall–Kier alpha value is -0.890. The minimum absolute atomic E-state index is 0.584. The number of rotatable bonds is 5. The maximum absolute atomic E-state index is 4.11. The Morgan fingerprint density at radius 1 is 1.29 bits per heavy atom. The van der Waals surface area contributed by atoms with E-state index in [1.165, 1.54) is 31.2 Å². The van der Waals surface area contributed by atoms with Gasteiger partial charge in [0.25, 0.3) is 0 Å². The molecule has 2 unspecified atom stereocenters. The van der Waals surface area contributed by atoms with Gasteiger partial charge in [-0.05, 0) is 48.9 Å². The summed E-state index contributed by atoms with van der Waals surface area (Å²) in [6.07, 6.45) is 9.43. The molecule has 0 aromatic carbocycles. The van der Waals surface area contributed by atoms with Crippen LogP contribution >= 0.6 is 0 Å². The molecule has 2 heteroatoms. The number of hydrogen-bond donors (Lipinski definition) is 1. The van der Waals surface area contributed by atoms with Crippen LogP contribution in [0.2, 0.25) is 0 Å². The highest BCUT2D eigenvalue weighted by Crippen LogP contribution is 2.34. The number of pyridine rings is 1. The van der Waals surface area contributed by atoms with E-state index in [9.17, 15) is 0 Å². The molecular formula is C15H24N2. The van der Waals surface area contributed by atoms with E-state index < -0.39 is 0 Å². The molecule has 0 aliphatic heterocycles. The molecule has 94 valence electrons. The average Bonchev–Trinajstić information content (AvgIpc) is 2.90. The summed E-state index contributed by atoms with van der Waals surface area (Å²) >= 11 is 0. The van der Waals surface area contributed by atoms with Crippen LogP contribution in [0.15, 0.2) is 24.5 Å². The summed E-state index contributed by atoms with van der Waals surface area (Å²) in [7, 11) is 0. The van der Waals surface area contributed by atoms with Gasteiger partial charge in [-0.15, -0.1) is 0 Å². The highest BCUT2D eigenvalue weighted by molar-refractivity contribution is 5.17. The van der Waals surface area contributed by atoms with Crippen LogP contribution in [0, 0.1) is 5.92 Å². The Kier molecular flexibility index (Phi) is 4.55. The molecule has 0 radical (unpaired) electrons. The van der Waals surface area contributed by atoms with Gasteiger partial charge in [-0.3, -0.25) is 4.98 Å². The van der Waals surface area contributed by atoms with Crippen LogP contribution in [-0.4, -0.2) is 17.6 Å². The van der Waals surface area contributed by atoms with Gasteiger partial charge in [0, 0.05) is 18.4 Å². The first kappa shape index (κ1) is 12.6.